The maximum atomic E-state index is 14.0. The molecule has 0 spiro atoms. The molecule has 1 saturated heterocycles. The zero-order chi connectivity index (χ0) is 13.4. The molecule has 18 heavy (non-hydrogen) atoms. The summed E-state index contributed by atoms with van der Waals surface area (Å²) in [5, 5.41) is 0. The summed E-state index contributed by atoms with van der Waals surface area (Å²) in [6, 6.07) is 3.30. The van der Waals surface area contributed by atoms with Crippen LogP contribution in [0.4, 0.5) is 4.39 Å². The standard InChI is InChI=1S/C12H17BFNO3/c1-11(2)12(3,4)18-13(17-11)10(14)16-9-6-5-7-15-8-9/h5-8,10H,1-4H3. The molecule has 0 bridgehead atoms. The van der Waals surface area contributed by atoms with Crippen molar-refractivity contribution in [2.75, 3.05) is 0 Å². The Hall–Kier alpha value is -1.14. The zero-order valence-corrected chi connectivity index (χ0v) is 11.0. The molecule has 0 aromatic carbocycles. The van der Waals surface area contributed by atoms with Gasteiger partial charge < -0.3 is 14.0 Å². The Bertz CT molecular complexity index is 397. The van der Waals surface area contributed by atoms with Crippen molar-refractivity contribution in [3.63, 3.8) is 0 Å². The lowest BCUT2D eigenvalue weighted by atomic mass is 9.90. The van der Waals surface area contributed by atoms with Gasteiger partial charge in [0.1, 0.15) is 5.75 Å². The van der Waals surface area contributed by atoms with Gasteiger partial charge in [-0.1, -0.05) is 0 Å². The second-order valence-electron chi connectivity index (χ2n) is 5.28. The SMILES string of the molecule is CC1(C)OB(C(F)Oc2cccnc2)OC1(C)C. The highest BCUT2D eigenvalue weighted by atomic mass is 19.1. The summed E-state index contributed by atoms with van der Waals surface area (Å²) >= 11 is 0. The molecule has 4 nitrogen and oxygen atoms in total. The van der Waals surface area contributed by atoms with Gasteiger partial charge in [0.25, 0.3) is 6.26 Å². The van der Waals surface area contributed by atoms with Crippen LogP contribution in [-0.4, -0.2) is 29.6 Å². The van der Waals surface area contributed by atoms with E-state index in [0.29, 0.717) is 5.75 Å². The Balaban J connectivity index is 2.02. The monoisotopic (exact) mass is 253 g/mol. The smallest absolute Gasteiger partial charge is 0.459 e. The van der Waals surface area contributed by atoms with Crippen LogP contribution in [-0.2, 0) is 9.31 Å². The second-order valence-corrected chi connectivity index (χ2v) is 5.28. The van der Waals surface area contributed by atoms with Crippen LogP contribution in [0, 0.1) is 0 Å². The topological polar surface area (TPSA) is 40.6 Å². The van der Waals surface area contributed by atoms with E-state index in [9.17, 15) is 4.39 Å². The highest BCUT2D eigenvalue weighted by molar-refractivity contribution is 6.46. The molecule has 1 aromatic heterocycles. The van der Waals surface area contributed by atoms with Gasteiger partial charge in [-0.25, -0.2) is 4.39 Å². The van der Waals surface area contributed by atoms with Crippen LogP contribution in [0.1, 0.15) is 27.7 Å². The number of hydrogen-bond acceptors (Lipinski definition) is 4. The summed E-state index contributed by atoms with van der Waals surface area (Å²) in [6.07, 6.45) is 1.35. The van der Waals surface area contributed by atoms with Gasteiger partial charge in [-0.15, -0.1) is 0 Å². The summed E-state index contributed by atoms with van der Waals surface area (Å²) in [5.74, 6) is 0.347. The van der Waals surface area contributed by atoms with Gasteiger partial charge in [0, 0.05) is 6.20 Å². The van der Waals surface area contributed by atoms with Gasteiger partial charge in [0.05, 0.1) is 17.4 Å². The molecule has 1 aliphatic heterocycles. The molecule has 2 heterocycles. The van der Waals surface area contributed by atoms with Crippen LogP contribution in [0.3, 0.4) is 0 Å². The summed E-state index contributed by atoms with van der Waals surface area (Å²) in [6.45, 7) is 7.46. The van der Waals surface area contributed by atoms with Gasteiger partial charge in [-0.3, -0.25) is 4.98 Å². The maximum absolute atomic E-state index is 14.0. The molecular formula is C12H17BFNO3. The molecule has 1 aromatic rings. The van der Waals surface area contributed by atoms with Crippen molar-refractivity contribution in [2.45, 2.75) is 45.2 Å². The number of rotatable bonds is 3. The number of aromatic nitrogens is 1. The molecule has 0 N–H and O–H groups in total. The third-order valence-corrected chi connectivity index (χ3v) is 3.37. The second kappa shape index (κ2) is 4.51. The van der Waals surface area contributed by atoms with Crippen molar-refractivity contribution in [3.05, 3.63) is 24.5 Å². The normalized spacial score (nSPS) is 22.8. The van der Waals surface area contributed by atoms with Crippen molar-refractivity contribution >= 4 is 7.12 Å². The largest absolute Gasteiger partial charge is 0.538 e. The minimum atomic E-state index is -1.68. The lowest BCUT2D eigenvalue weighted by Gasteiger charge is -2.32. The number of ether oxygens (including phenoxy) is 1. The molecule has 0 amide bonds. The fourth-order valence-electron chi connectivity index (χ4n) is 1.60. The molecule has 98 valence electrons. The van der Waals surface area contributed by atoms with Gasteiger partial charge in [-0.2, -0.15) is 0 Å². The molecule has 0 saturated carbocycles. The van der Waals surface area contributed by atoms with Crippen LogP contribution >= 0.6 is 0 Å². The number of alkyl halides is 1. The van der Waals surface area contributed by atoms with Crippen LogP contribution in [0.15, 0.2) is 24.5 Å². The van der Waals surface area contributed by atoms with Gasteiger partial charge in [-0.05, 0) is 39.8 Å². The van der Waals surface area contributed by atoms with Gasteiger partial charge >= 0.3 is 7.12 Å². The van der Waals surface area contributed by atoms with Gasteiger partial charge in [0.15, 0.2) is 0 Å². The molecular weight excluding hydrogens is 236 g/mol. The molecule has 1 fully saturated rings. The molecule has 1 atom stereocenters. The Morgan fingerprint density at radius 3 is 2.39 bits per heavy atom. The number of halogens is 1. The number of hydrogen-bond donors (Lipinski definition) is 0. The molecule has 2 rings (SSSR count). The maximum Gasteiger partial charge on any atom is 0.538 e. The first kappa shape index (κ1) is 13.3. The van der Waals surface area contributed by atoms with Crippen LogP contribution < -0.4 is 4.74 Å². The third kappa shape index (κ3) is 2.49. The number of pyridine rings is 1. The Labute approximate surface area is 107 Å². The van der Waals surface area contributed by atoms with Crippen molar-refractivity contribution in [1.29, 1.82) is 0 Å². The first-order chi connectivity index (χ1) is 8.32. The molecule has 0 aliphatic carbocycles. The van der Waals surface area contributed by atoms with Crippen molar-refractivity contribution in [3.8, 4) is 5.75 Å². The zero-order valence-electron chi connectivity index (χ0n) is 11.0. The van der Waals surface area contributed by atoms with E-state index in [2.05, 4.69) is 4.98 Å². The van der Waals surface area contributed by atoms with E-state index in [0.717, 1.165) is 0 Å². The minimum absolute atomic E-state index is 0.347. The van der Waals surface area contributed by atoms with E-state index in [1.807, 2.05) is 27.7 Å². The molecule has 0 radical (unpaired) electrons. The highest BCUT2D eigenvalue weighted by Crippen LogP contribution is 2.38. The summed E-state index contributed by atoms with van der Waals surface area (Å²) in [7, 11) is -1.03. The van der Waals surface area contributed by atoms with Crippen LogP contribution in [0.5, 0.6) is 5.75 Å². The van der Waals surface area contributed by atoms with Crippen LogP contribution in [0.2, 0.25) is 0 Å². The van der Waals surface area contributed by atoms with E-state index in [1.165, 1.54) is 6.20 Å². The van der Waals surface area contributed by atoms with Crippen molar-refractivity contribution in [1.82, 2.24) is 4.98 Å². The summed E-state index contributed by atoms with van der Waals surface area (Å²) in [5.41, 5.74) is -1.14. The molecule has 6 heteroatoms. The van der Waals surface area contributed by atoms with E-state index < -0.39 is 24.6 Å². The van der Waals surface area contributed by atoms with E-state index in [4.69, 9.17) is 14.0 Å². The number of nitrogens with zero attached hydrogens (tertiary/aromatic N) is 1. The van der Waals surface area contributed by atoms with E-state index >= 15 is 0 Å². The molecule has 1 unspecified atom stereocenters. The summed E-state index contributed by atoms with van der Waals surface area (Å²) in [4.78, 5) is 3.85. The third-order valence-electron chi connectivity index (χ3n) is 3.37. The fraction of sp³-hybridized carbons (Fsp3) is 0.583. The highest BCUT2D eigenvalue weighted by Gasteiger charge is 2.55. The predicted octanol–water partition coefficient (Wildman–Crippen LogP) is 2.39. The molecule has 1 aliphatic rings. The quantitative estimate of drug-likeness (QED) is 0.775. The average molecular weight is 253 g/mol. The lowest BCUT2D eigenvalue weighted by Crippen LogP contribution is -2.41. The first-order valence-corrected chi connectivity index (χ1v) is 5.88. The first-order valence-electron chi connectivity index (χ1n) is 5.88. The van der Waals surface area contributed by atoms with Gasteiger partial charge in [0.2, 0.25) is 0 Å². The van der Waals surface area contributed by atoms with Crippen molar-refractivity contribution < 1.29 is 18.4 Å². The average Bonchev–Trinajstić information content (AvgIpc) is 2.50. The Morgan fingerprint density at radius 1 is 1.28 bits per heavy atom. The lowest BCUT2D eigenvalue weighted by molar-refractivity contribution is 0.00578. The van der Waals surface area contributed by atoms with E-state index in [1.54, 1.807) is 18.3 Å². The predicted molar refractivity (Wildman–Crippen MR) is 65.8 cm³/mol. The minimum Gasteiger partial charge on any atom is -0.459 e. The fourth-order valence-corrected chi connectivity index (χ4v) is 1.60. The Morgan fingerprint density at radius 2 is 1.89 bits per heavy atom. The van der Waals surface area contributed by atoms with E-state index in [-0.39, 0.29) is 0 Å². The van der Waals surface area contributed by atoms with Crippen molar-refractivity contribution in [2.24, 2.45) is 0 Å². The van der Waals surface area contributed by atoms with Crippen LogP contribution in [0.25, 0.3) is 0 Å². The Kier molecular flexibility index (Phi) is 3.34. The summed E-state index contributed by atoms with van der Waals surface area (Å²) < 4.78 is 30.2.